The zero-order valence-electron chi connectivity index (χ0n) is 12.6. The van der Waals surface area contributed by atoms with Crippen LogP contribution in [-0.2, 0) is 0 Å². The molecule has 1 N–H and O–H groups in total. The maximum atomic E-state index is 12.7. The number of aromatic nitrogens is 1. The molecular weight excluding hydrogens is 296 g/mol. The van der Waals surface area contributed by atoms with Crippen molar-refractivity contribution in [1.29, 1.82) is 0 Å². The Kier molecular flexibility index (Phi) is 4.55. The van der Waals surface area contributed by atoms with Crippen molar-refractivity contribution >= 4 is 17.2 Å². The third-order valence-electron chi connectivity index (χ3n) is 4.00. The van der Waals surface area contributed by atoms with Crippen LogP contribution in [0.2, 0.25) is 0 Å². The Bertz CT molecular complexity index is 639. The van der Waals surface area contributed by atoms with E-state index in [4.69, 9.17) is 0 Å². The minimum atomic E-state index is -0.381. The van der Waals surface area contributed by atoms with Crippen LogP contribution in [0.3, 0.4) is 0 Å². The van der Waals surface area contributed by atoms with Crippen LogP contribution in [0, 0.1) is 0 Å². The van der Waals surface area contributed by atoms with E-state index in [0.717, 1.165) is 30.0 Å². The molecule has 0 aliphatic carbocycles. The van der Waals surface area contributed by atoms with E-state index in [2.05, 4.69) is 4.98 Å². The number of thiazole rings is 1. The number of hydrogen-bond acceptors (Lipinski definition) is 4. The smallest absolute Gasteiger partial charge is 0.273 e. The summed E-state index contributed by atoms with van der Waals surface area (Å²) in [6, 6.07) is 10.0. The number of hydrogen-bond donors (Lipinski definition) is 1. The Labute approximate surface area is 134 Å². The van der Waals surface area contributed by atoms with Gasteiger partial charge in [0.15, 0.2) is 0 Å². The lowest BCUT2D eigenvalue weighted by atomic mass is 10.1. The highest BCUT2D eigenvalue weighted by atomic mass is 32.1. The number of aliphatic hydroxyl groups excluding tert-OH is 1. The lowest BCUT2D eigenvalue weighted by molar-refractivity contribution is 0.0677. The number of carbonyl (C=O) groups is 1. The molecule has 4 nitrogen and oxygen atoms in total. The maximum Gasteiger partial charge on any atom is 0.273 e. The monoisotopic (exact) mass is 316 g/mol. The molecule has 1 aromatic carbocycles. The van der Waals surface area contributed by atoms with Crippen molar-refractivity contribution < 1.29 is 9.90 Å². The van der Waals surface area contributed by atoms with Gasteiger partial charge in [-0.3, -0.25) is 4.79 Å². The third-order valence-corrected chi connectivity index (χ3v) is 4.89. The molecule has 2 aromatic rings. The summed E-state index contributed by atoms with van der Waals surface area (Å²) in [7, 11) is 0. The minimum Gasteiger partial charge on any atom is -0.393 e. The van der Waals surface area contributed by atoms with Crippen molar-refractivity contribution in [3.05, 3.63) is 41.4 Å². The summed E-state index contributed by atoms with van der Waals surface area (Å²) in [6.07, 6.45) is 2.22. The number of likely N-dealkylation sites (tertiary alicyclic amines) is 1. The van der Waals surface area contributed by atoms with Crippen LogP contribution in [0.5, 0.6) is 0 Å². The molecule has 1 aromatic heterocycles. The van der Waals surface area contributed by atoms with Gasteiger partial charge in [-0.2, -0.15) is 0 Å². The van der Waals surface area contributed by atoms with E-state index in [0.29, 0.717) is 12.1 Å². The molecule has 1 amide bonds. The van der Waals surface area contributed by atoms with Crippen molar-refractivity contribution in [2.45, 2.75) is 38.3 Å². The highest BCUT2D eigenvalue weighted by molar-refractivity contribution is 7.13. The van der Waals surface area contributed by atoms with E-state index in [-0.39, 0.29) is 18.1 Å². The Morgan fingerprint density at radius 2 is 2.23 bits per heavy atom. The number of nitrogens with zero attached hydrogens (tertiary/aromatic N) is 2. The average Bonchev–Trinajstić information content (AvgIpc) is 3.16. The molecule has 1 aliphatic rings. The van der Waals surface area contributed by atoms with Crippen molar-refractivity contribution in [3.8, 4) is 10.6 Å². The van der Waals surface area contributed by atoms with Crippen LogP contribution < -0.4 is 0 Å². The van der Waals surface area contributed by atoms with Crippen LogP contribution >= 0.6 is 11.3 Å². The van der Waals surface area contributed by atoms with Gasteiger partial charge in [-0.1, -0.05) is 30.3 Å². The topological polar surface area (TPSA) is 53.4 Å². The first-order valence-electron chi connectivity index (χ1n) is 7.65. The SMILES string of the molecule is CC(O)CC1CCCN1C(=O)c1csc(-c2ccccc2)n1. The van der Waals surface area contributed by atoms with E-state index >= 15 is 0 Å². The summed E-state index contributed by atoms with van der Waals surface area (Å²) in [5.74, 6) is -0.0124. The summed E-state index contributed by atoms with van der Waals surface area (Å²) in [6.45, 7) is 2.53. The fraction of sp³-hybridized carbons (Fsp3) is 0.412. The van der Waals surface area contributed by atoms with Crippen molar-refractivity contribution in [2.75, 3.05) is 6.54 Å². The molecule has 116 valence electrons. The molecule has 1 aliphatic heterocycles. The maximum absolute atomic E-state index is 12.7. The molecule has 5 heteroatoms. The molecule has 0 bridgehead atoms. The lowest BCUT2D eigenvalue weighted by Gasteiger charge is -2.24. The molecule has 0 saturated carbocycles. The third kappa shape index (κ3) is 3.20. The van der Waals surface area contributed by atoms with Crippen LogP contribution in [0.4, 0.5) is 0 Å². The molecule has 2 heterocycles. The quantitative estimate of drug-likeness (QED) is 0.942. The van der Waals surface area contributed by atoms with Gasteiger partial charge >= 0.3 is 0 Å². The predicted molar refractivity (Wildman–Crippen MR) is 87.9 cm³/mol. The van der Waals surface area contributed by atoms with E-state index in [1.54, 1.807) is 6.92 Å². The second kappa shape index (κ2) is 6.58. The number of rotatable bonds is 4. The van der Waals surface area contributed by atoms with Crippen molar-refractivity contribution in [1.82, 2.24) is 9.88 Å². The van der Waals surface area contributed by atoms with Gasteiger partial charge < -0.3 is 10.0 Å². The van der Waals surface area contributed by atoms with Crippen LogP contribution in [0.1, 0.15) is 36.7 Å². The Morgan fingerprint density at radius 3 is 2.95 bits per heavy atom. The van der Waals surface area contributed by atoms with Gasteiger partial charge in [0.2, 0.25) is 0 Å². The van der Waals surface area contributed by atoms with Gasteiger partial charge in [-0.25, -0.2) is 4.98 Å². The van der Waals surface area contributed by atoms with Gasteiger partial charge in [0.1, 0.15) is 10.7 Å². The Morgan fingerprint density at radius 1 is 1.45 bits per heavy atom. The summed E-state index contributed by atoms with van der Waals surface area (Å²) < 4.78 is 0. The first-order chi connectivity index (χ1) is 10.6. The molecule has 2 atom stereocenters. The van der Waals surface area contributed by atoms with Crippen LogP contribution in [-0.4, -0.2) is 39.6 Å². The van der Waals surface area contributed by atoms with Crippen molar-refractivity contribution in [2.24, 2.45) is 0 Å². The van der Waals surface area contributed by atoms with Gasteiger partial charge in [0, 0.05) is 23.5 Å². The summed E-state index contributed by atoms with van der Waals surface area (Å²) in [5, 5.41) is 12.3. The largest absolute Gasteiger partial charge is 0.393 e. The first kappa shape index (κ1) is 15.2. The Hall–Kier alpha value is -1.72. The van der Waals surface area contributed by atoms with Gasteiger partial charge in [0.05, 0.1) is 6.10 Å². The molecule has 22 heavy (non-hydrogen) atoms. The highest BCUT2D eigenvalue weighted by Gasteiger charge is 2.31. The van der Waals surface area contributed by atoms with E-state index < -0.39 is 0 Å². The zero-order valence-corrected chi connectivity index (χ0v) is 13.4. The number of benzene rings is 1. The minimum absolute atomic E-state index is 0.0124. The predicted octanol–water partition coefficient (Wildman–Crippen LogP) is 3.19. The van der Waals surface area contributed by atoms with E-state index in [1.807, 2.05) is 40.6 Å². The number of carbonyl (C=O) groups excluding carboxylic acids is 1. The second-order valence-electron chi connectivity index (χ2n) is 5.78. The molecule has 3 rings (SSSR count). The molecule has 1 saturated heterocycles. The molecular formula is C17H20N2O2S. The van der Waals surface area contributed by atoms with Gasteiger partial charge in [-0.15, -0.1) is 11.3 Å². The normalized spacial score (nSPS) is 19.4. The first-order valence-corrected chi connectivity index (χ1v) is 8.53. The molecule has 0 radical (unpaired) electrons. The molecule has 2 unspecified atom stereocenters. The average molecular weight is 316 g/mol. The fourth-order valence-corrected chi connectivity index (χ4v) is 3.77. The number of amides is 1. The zero-order chi connectivity index (χ0) is 15.5. The highest BCUT2D eigenvalue weighted by Crippen LogP contribution is 2.27. The Balaban J connectivity index is 1.77. The summed E-state index contributed by atoms with van der Waals surface area (Å²) in [4.78, 5) is 19.0. The van der Waals surface area contributed by atoms with E-state index in [9.17, 15) is 9.90 Å². The van der Waals surface area contributed by atoms with Gasteiger partial charge in [-0.05, 0) is 26.2 Å². The van der Waals surface area contributed by atoms with Gasteiger partial charge in [0.25, 0.3) is 5.91 Å². The van der Waals surface area contributed by atoms with Crippen LogP contribution in [0.25, 0.3) is 10.6 Å². The number of aliphatic hydroxyl groups is 1. The second-order valence-corrected chi connectivity index (χ2v) is 6.64. The lowest BCUT2D eigenvalue weighted by Crippen LogP contribution is -2.37. The van der Waals surface area contributed by atoms with Crippen molar-refractivity contribution in [3.63, 3.8) is 0 Å². The van der Waals surface area contributed by atoms with Crippen LogP contribution in [0.15, 0.2) is 35.7 Å². The summed E-state index contributed by atoms with van der Waals surface area (Å²) in [5.41, 5.74) is 1.55. The fourth-order valence-electron chi connectivity index (χ4n) is 2.97. The molecule has 1 fully saturated rings. The standard InChI is InChI=1S/C17H20N2O2S/c1-12(20)10-14-8-5-9-19(14)17(21)15-11-22-16(18-15)13-6-3-2-4-7-13/h2-4,6-7,11-12,14,20H,5,8-10H2,1H3. The summed E-state index contributed by atoms with van der Waals surface area (Å²) >= 11 is 1.50. The van der Waals surface area contributed by atoms with E-state index in [1.165, 1.54) is 11.3 Å². The molecule has 0 spiro atoms.